The van der Waals surface area contributed by atoms with Gasteiger partial charge in [-0.25, -0.2) is 4.57 Å². The maximum Gasteiger partial charge on any atom is 0.472 e. The van der Waals surface area contributed by atoms with Crippen molar-refractivity contribution in [3.05, 3.63) is 85.1 Å². The number of ether oxygens (including phenoxy) is 2. The van der Waals surface area contributed by atoms with E-state index in [1.165, 1.54) is 38.5 Å². The van der Waals surface area contributed by atoms with Crippen molar-refractivity contribution in [1.29, 1.82) is 0 Å². The minimum absolute atomic E-state index is 0.0448. The van der Waals surface area contributed by atoms with Crippen LogP contribution in [0.2, 0.25) is 0 Å². The zero-order valence-corrected chi connectivity index (χ0v) is 36.7. The Morgan fingerprint density at radius 1 is 0.544 bits per heavy atom. The number of carbonyl (C=O) groups is 2. The van der Waals surface area contributed by atoms with E-state index in [0.29, 0.717) is 6.42 Å². The molecule has 3 N–H and O–H groups in total. The van der Waals surface area contributed by atoms with Gasteiger partial charge in [0.1, 0.15) is 6.61 Å². The van der Waals surface area contributed by atoms with Crippen LogP contribution in [0.1, 0.15) is 168 Å². The topological polar surface area (TPSA) is 134 Å². The van der Waals surface area contributed by atoms with Crippen molar-refractivity contribution in [2.45, 2.75) is 174 Å². The van der Waals surface area contributed by atoms with Crippen molar-refractivity contribution in [3.63, 3.8) is 0 Å². The molecular weight excluding hydrogens is 737 g/mol. The highest BCUT2D eigenvalue weighted by atomic mass is 31.2. The lowest BCUT2D eigenvalue weighted by Gasteiger charge is -2.19. The van der Waals surface area contributed by atoms with E-state index in [2.05, 4.69) is 80.7 Å². The Morgan fingerprint density at radius 3 is 1.54 bits per heavy atom. The standard InChI is InChI=1S/C47H80NO8P/c1-3-5-7-9-11-13-15-17-18-19-20-21-22-23-24-25-26-28-29-31-33-35-37-39-46(49)53-43-45(44-55-57(51,52)54-42-41-48)56-47(50)40-38-36-34-32-30-27-16-14-12-10-8-6-4-2/h5-8,10-14,16-18,20-21,45H,3-4,9,15,19,22-44,48H2,1-2H3,(H,51,52)/b7-5+,8-6+,12-10+,13-11+,16-14+,18-17+,21-20+. The van der Waals surface area contributed by atoms with Crippen molar-refractivity contribution < 1.29 is 37.6 Å². The van der Waals surface area contributed by atoms with Gasteiger partial charge in [0.25, 0.3) is 0 Å². The van der Waals surface area contributed by atoms with E-state index in [1.54, 1.807) is 0 Å². The summed E-state index contributed by atoms with van der Waals surface area (Å²) < 4.78 is 32.7. The van der Waals surface area contributed by atoms with Gasteiger partial charge in [-0.1, -0.05) is 170 Å². The summed E-state index contributed by atoms with van der Waals surface area (Å²) in [5.74, 6) is -0.865. The highest BCUT2D eigenvalue weighted by Gasteiger charge is 2.26. The Kier molecular flexibility index (Phi) is 40.7. The molecule has 0 rings (SSSR count). The number of allylic oxidation sites excluding steroid dienone is 14. The van der Waals surface area contributed by atoms with Crippen LogP contribution in [0.5, 0.6) is 0 Å². The van der Waals surface area contributed by atoms with Crippen LogP contribution >= 0.6 is 7.82 Å². The third-order valence-electron chi connectivity index (χ3n) is 8.84. The molecule has 326 valence electrons. The Morgan fingerprint density at radius 2 is 1.00 bits per heavy atom. The number of carbonyl (C=O) groups excluding carboxylic acids is 2. The Labute approximate surface area is 347 Å². The van der Waals surface area contributed by atoms with Gasteiger partial charge >= 0.3 is 19.8 Å². The molecule has 0 saturated heterocycles. The van der Waals surface area contributed by atoms with Gasteiger partial charge in [0.2, 0.25) is 0 Å². The van der Waals surface area contributed by atoms with Crippen LogP contribution in [0.4, 0.5) is 0 Å². The highest BCUT2D eigenvalue weighted by Crippen LogP contribution is 2.43. The number of phosphoric acid groups is 1. The monoisotopic (exact) mass is 818 g/mol. The molecule has 0 spiro atoms. The lowest BCUT2D eigenvalue weighted by atomic mass is 10.1. The third kappa shape index (κ3) is 42.6. The fourth-order valence-electron chi connectivity index (χ4n) is 5.62. The average molecular weight is 818 g/mol. The van der Waals surface area contributed by atoms with Crippen molar-refractivity contribution in [1.82, 2.24) is 0 Å². The summed E-state index contributed by atoms with van der Waals surface area (Å²) in [6.45, 7) is 3.44. The van der Waals surface area contributed by atoms with Crippen molar-refractivity contribution >= 4 is 19.8 Å². The van der Waals surface area contributed by atoms with Crippen molar-refractivity contribution in [2.24, 2.45) is 5.73 Å². The van der Waals surface area contributed by atoms with Gasteiger partial charge in [0, 0.05) is 19.4 Å². The maximum atomic E-state index is 12.6. The van der Waals surface area contributed by atoms with E-state index in [4.69, 9.17) is 24.3 Å². The number of rotatable bonds is 40. The minimum Gasteiger partial charge on any atom is -0.462 e. The largest absolute Gasteiger partial charge is 0.472 e. The molecule has 0 heterocycles. The highest BCUT2D eigenvalue weighted by molar-refractivity contribution is 7.47. The zero-order valence-electron chi connectivity index (χ0n) is 35.8. The molecule has 0 radical (unpaired) electrons. The van der Waals surface area contributed by atoms with Crippen LogP contribution in [-0.2, 0) is 32.7 Å². The fourth-order valence-corrected chi connectivity index (χ4v) is 6.39. The molecule has 0 amide bonds. The lowest BCUT2D eigenvalue weighted by Crippen LogP contribution is -2.29. The molecular formula is C47H80NO8P. The minimum atomic E-state index is -4.39. The van der Waals surface area contributed by atoms with E-state index in [-0.39, 0.29) is 32.6 Å². The number of phosphoric ester groups is 1. The summed E-state index contributed by atoms with van der Waals surface area (Å²) in [5.41, 5.74) is 5.34. The SMILES string of the molecule is CC/C=C/C=C/C=C/CCCCCCCC(=O)OC(COC(=O)CCCCCCCCCCCC/C=C/C/C=C/C/C=C/C/C=C/CC)COP(=O)(O)OCCN. The summed E-state index contributed by atoms with van der Waals surface area (Å²) in [7, 11) is -4.39. The van der Waals surface area contributed by atoms with Crippen LogP contribution in [0, 0.1) is 0 Å². The Hall–Kier alpha value is -2.81. The van der Waals surface area contributed by atoms with Crippen LogP contribution in [0.25, 0.3) is 0 Å². The molecule has 0 aromatic heterocycles. The van der Waals surface area contributed by atoms with E-state index in [9.17, 15) is 19.0 Å². The number of hydrogen-bond acceptors (Lipinski definition) is 8. The number of esters is 2. The maximum absolute atomic E-state index is 12.6. The molecule has 10 heteroatoms. The Balaban J connectivity index is 4.11. The summed E-state index contributed by atoms with van der Waals surface area (Å²) >= 11 is 0. The second-order valence-corrected chi connectivity index (χ2v) is 15.7. The first-order valence-electron chi connectivity index (χ1n) is 22.1. The fraction of sp³-hybridized carbons (Fsp3) is 0.660. The van der Waals surface area contributed by atoms with Gasteiger partial charge in [-0.05, 0) is 70.6 Å². The first-order valence-corrected chi connectivity index (χ1v) is 23.6. The molecule has 2 atom stereocenters. The summed E-state index contributed by atoms with van der Waals surface area (Å²) in [5, 5.41) is 0. The van der Waals surface area contributed by atoms with Gasteiger partial charge in [-0.2, -0.15) is 0 Å². The molecule has 2 unspecified atom stereocenters. The molecule has 0 aromatic rings. The predicted octanol–water partition coefficient (Wildman–Crippen LogP) is 12.8. The number of unbranched alkanes of at least 4 members (excludes halogenated alkanes) is 15. The van der Waals surface area contributed by atoms with Crippen LogP contribution in [0.3, 0.4) is 0 Å². The summed E-state index contributed by atoms with van der Waals surface area (Å²) in [6.07, 6.45) is 53.3. The molecule has 0 aliphatic rings. The van der Waals surface area contributed by atoms with Crippen LogP contribution in [-0.4, -0.2) is 49.3 Å². The quantitative estimate of drug-likeness (QED) is 0.0204. The molecule has 0 bridgehead atoms. The molecule has 0 aliphatic carbocycles. The second kappa shape index (κ2) is 42.8. The van der Waals surface area contributed by atoms with Gasteiger partial charge in [0.05, 0.1) is 13.2 Å². The second-order valence-electron chi connectivity index (χ2n) is 14.2. The smallest absolute Gasteiger partial charge is 0.462 e. The molecule has 0 saturated carbocycles. The predicted molar refractivity (Wildman–Crippen MR) is 238 cm³/mol. The Bertz CT molecular complexity index is 1210. The van der Waals surface area contributed by atoms with E-state index >= 15 is 0 Å². The first kappa shape index (κ1) is 54.2. The van der Waals surface area contributed by atoms with E-state index < -0.39 is 32.5 Å². The van der Waals surface area contributed by atoms with Gasteiger partial charge in [-0.15, -0.1) is 0 Å². The average Bonchev–Trinajstić information content (AvgIpc) is 3.20. The van der Waals surface area contributed by atoms with Crippen molar-refractivity contribution in [3.8, 4) is 0 Å². The first-order chi connectivity index (χ1) is 27.8. The summed E-state index contributed by atoms with van der Waals surface area (Å²) in [6, 6.07) is 0. The van der Waals surface area contributed by atoms with Crippen LogP contribution < -0.4 is 5.73 Å². The molecule has 0 aromatic carbocycles. The zero-order chi connectivity index (χ0) is 41.8. The molecule has 9 nitrogen and oxygen atoms in total. The van der Waals surface area contributed by atoms with Gasteiger partial charge in [0.15, 0.2) is 6.10 Å². The van der Waals surface area contributed by atoms with Crippen molar-refractivity contribution in [2.75, 3.05) is 26.4 Å². The normalized spacial score (nSPS) is 14.1. The third-order valence-corrected chi connectivity index (χ3v) is 9.82. The number of hydrogen-bond donors (Lipinski definition) is 2. The van der Waals surface area contributed by atoms with Gasteiger partial charge in [-0.3, -0.25) is 18.6 Å². The van der Waals surface area contributed by atoms with Gasteiger partial charge < -0.3 is 20.1 Å². The van der Waals surface area contributed by atoms with E-state index in [1.807, 2.05) is 18.2 Å². The van der Waals surface area contributed by atoms with Crippen LogP contribution in [0.15, 0.2) is 85.1 Å². The molecule has 57 heavy (non-hydrogen) atoms. The molecule has 0 fully saturated rings. The van der Waals surface area contributed by atoms with E-state index in [0.717, 1.165) is 96.3 Å². The molecule has 0 aliphatic heterocycles. The lowest BCUT2D eigenvalue weighted by molar-refractivity contribution is -0.161. The summed E-state index contributed by atoms with van der Waals surface area (Å²) in [4.78, 5) is 34.9. The number of nitrogens with two attached hydrogens (primary N) is 1.